The molecule has 6 heteroatoms. The van der Waals surface area contributed by atoms with E-state index in [2.05, 4.69) is 25.8 Å². The van der Waals surface area contributed by atoms with Crippen LogP contribution < -0.4 is 5.32 Å². The van der Waals surface area contributed by atoms with Crippen LogP contribution in [0, 0.1) is 17.6 Å². The van der Waals surface area contributed by atoms with E-state index in [4.69, 9.17) is 0 Å². The average Bonchev–Trinajstić information content (AvgIpc) is 2.95. The molecule has 0 spiro atoms. The predicted octanol–water partition coefficient (Wildman–Crippen LogP) is 5.36. The number of carbonyl (C=O) groups is 1. The molecule has 152 valence electrons. The Kier molecular flexibility index (Phi) is 5.47. The van der Waals surface area contributed by atoms with Crippen molar-refractivity contribution in [3.8, 4) is 0 Å². The molecule has 4 rings (SSSR count). The first-order valence-corrected chi connectivity index (χ1v) is 10.7. The Bertz CT molecular complexity index is 1090. The molecule has 1 atom stereocenters. The molecule has 0 fully saturated rings. The summed E-state index contributed by atoms with van der Waals surface area (Å²) in [5, 5.41) is 4.11. The van der Waals surface area contributed by atoms with Crippen LogP contribution in [0.1, 0.15) is 37.1 Å². The number of halogens is 3. The zero-order chi connectivity index (χ0) is 20.7. The minimum absolute atomic E-state index is 0.0502. The maximum Gasteiger partial charge on any atom is 0.222 e. The van der Waals surface area contributed by atoms with Crippen LogP contribution in [0.4, 0.5) is 8.78 Å². The third-order valence-electron chi connectivity index (χ3n) is 5.61. The van der Waals surface area contributed by atoms with Crippen LogP contribution in [-0.2, 0) is 24.2 Å². The van der Waals surface area contributed by atoms with E-state index >= 15 is 0 Å². The van der Waals surface area contributed by atoms with E-state index in [0.29, 0.717) is 17.4 Å². The summed E-state index contributed by atoms with van der Waals surface area (Å²) >= 11 is 3.30. The highest BCUT2D eigenvalue weighted by Gasteiger charge is 2.27. The number of fused-ring (bicyclic) bond motifs is 3. The fourth-order valence-corrected chi connectivity index (χ4v) is 4.47. The molecule has 1 unspecified atom stereocenters. The Hall–Kier alpha value is -2.21. The van der Waals surface area contributed by atoms with Crippen molar-refractivity contribution in [1.29, 1.82) is 0 Å². The lowest BCUT2D eigenvalue weighted by molar-refractivity contribution is -0.124. The first kappa shape index (κ1) is 20.1. The normalized spacial score (nSPS) is 16.3. The maximum atomic E-state index is 14.4. The summed E-state index contributed by atoms with van der Waals surface area (Å²) < 4.78 is 30.6. The minimum Gasteiger partial charge on any atom is -0.353 e. The first-order valence-electron chi connectivity index (χ1n) is 9.87. The van der Waals surface area contributed by atoms with Gasteiger partial charge in [0, 0.05) is 29.6 Å². The molecule has 0 saturated heterocycles. The molecule has 1 amide bonds. The predicted molar refractivity (Wildman–Crippen MR) is 114 cm³/mol. The van der Waals surface area contributed by atoms with Crippen molar-refractivity contribution in [3.63, 3.8) is 0 Å². The number of hydrogen-bond donors (Lipinski definition) is 1. The van der Waals surface area contributed by atoms with Gasteiger partial charge in [0.05, 0.1) is 9.99 Å². The van der Waals surface area contributed by atoms with Crippen LogP contribution in [0.2, 0.25) is 0 Å². The van der Waals surface area contributed by atoms with Crippen molar-refractivity contribution >= 4 is 32.7 Å². The maximum absolute atomic E-state index is 14.4. The van der Waals surface area contributed by atoms with E-state index in [1.807, 2.05) is 26.0 Å². The molecule has 0 aliphatic heterocycles. The van der Waals surface area contributed by atoms with Gasteiger partial charge in [0.1, 0.15) is 11.6 Å². The molecule has 1 heterocycles. The van der Waals surface area contributed by atoms with E-state index < -0.39 is 0 Å². The Morgan fingerprint density at radius 3 is 2.79 bits per heavy atom. The van der Waals surface area contributed by atoms with Crippen LogP contribution in [0.15, 0.2) is 40.9 Å². The zero-order valence-corrected chi connectivity index (χ0v) is 18.0. The minimum atomic E-state index is -0.322. The topological polar surface area (TPSA) is 34.0 Å². The molecule has 1 aliphatic rings. The van der Waals surface area contributed by atoms with Crippen molar-refractivity contribution in [3.05, 3.63) is 69.3 Å². The molecule has 1 aliphatic carbocycles. The number of nitrogens with zero attached hydrogens (tertiary/aromatic N) is 1. The van der Waals surface area contributed by atoms with Gasteiger partial charge >= 0.3 is 0 Å². The van der Waals surface area contributed by atoms with Crippen molar-refractivity contribution in [2.24, 2.45) is 5.92 Å². The quantitative estimate of drug-likeness (QED) is 0.558. The van der Waals surface area contributed by atoms with Gasteiger partial charge in [0.25, 0.3) is 0 Å². The van der Waals surface area contributed by atoms with E-state index in [1.165, 1.54) is 12.1 Å². The monoisotopic (exact) mass is 460 g/mol. The molecule has 3 nitrogen and oxygen atoms in total. The molecule has 0 bridgehead atoms. The number of rotatable bonds is 4. The Balaban J connectivity index is 1.77. The summed E-state index contributed by atoms with van der Waals surface area (Å²) in [5.41, 5.74) is 3.91. The smallest absolute Gasteiger partial charge is 0.222 e. The van der Waals surface area contributed by atoms with Gasteiger partial charge in [-0.15, -0.1) is 0 Å². The highest BCUT2D eigenvalue weighted by molar-refractivity contribution is 9.10. The number of benzene rings is 2. The summed E-state index contributed by atoms with van der Waals surface area (Å²) in [6, 6.07) is 9.93. The van der Waals surface area contributed by atoms with E-state index in [0.717, 1.165) is 40.6 Å². The molecule has 1 N–H and O–H groups in total. The highest BCUT2D eigenvalue weighted by Crippen LogP contribution is 2.35. The number of hydrogen-bond acceptors (Lipinski definition) is 1. The summed E-state index contributed by atoms with van der Waals surface area (Å²) in [7, 11) is 0. The van der Waals surface area contributed by atoms with Gasteiger partial charge in [-0.3, -0.25) is 4.79 Å². The molecular formula is C23H23BrF2N2O. The second kappa shape index (κ2) is 7.90. The van der Waals surface area contributed by atoms with Crippen molar-refractivity contribution in [2.75, 3.05) is 0 Å². The van der Waals surface area contributed by atoms with Gasteiger partial charge in [-0.1, -0.05) is 26.0 Å². The van der Waals surface area contributed by atoms with Crippen LogP contribution in [-0.4, -0.2) is 16.5 Å². The Labute approximate surface area is 177 Å². The van der Waals surface area contributed by atoms with Crippen molar-refractivity contribution < 1.29 is 13.6 Å². The number of nitrogens with one attached hydrogen (secondary N) is 1. The SMILES string of the molecule is CC(C)C(=O)NC1CCc2c(c3cc(Br)c(F)cc3n2Cc2cccc(F)c2)C1. The van der Waals surface area contributed by atoms with Crippen LogP contribution in [0.3, 0.4) is 0 Å². The lowest BCUT2D eigenvalue weighted by Gasteiger charge is -2.26. The number of aromatic nitrogens is 1. The van der Waals surface area contributed by atoms with Gasteiger partial charge < -0.3 is 9.88 Å². The largest absolute Gasteiger partial charge is 0.353 e. The molecule has 2 aromatic carbocycles. The molecule has 29 heavy (non-hydrogen) atoms. The van der Waals surface area contributed by atoms with Gasteiger partial charge in [-0.25, -0.2) is 8.78 Å². The Morgan fingerprint density at radius 1 is 1.28 bits per heavy atom. The van der Waals surface area contributed by atoms with Gasteiger partial charge in [0.15, 0.2) is 0 Å². The number of amides is 1. The van der Waals surface area contributed by atoms with E-state index in [9.17, 15) is 13.6 Å². The summed E-state index contributed by atoms with van der Waals surface area (Å²) in [6.07, 6.45) is 2.31. The first-order chi connectivity index (χ1) is 13.8. The van der Waals surface area contributed by atoms with Crippen LogP contribution >= 0.6 is 15.9 Å². The van der Waals surface area contributed by atoms with Crippen molar-refractivity contribution in [2.45, 2.75) is 45.7 Å². The molecule has 0 saturated carbocycles. The van der Waals surface area contributed by atoms with Crippen molar-refractivity contribution in [1.82, 2.24) is 9.88 Å². The van der Waals surface area contributed by atoms with Crippen LogP contribution in [0.25, 0.3) is 10.9 Å². The molecule has 0 radical (unpaired) electrons. The highest BCUT2D eigenvalue weighted by atomic mass is 79.9. The zero-order valence-electron chi connectivity index (χ0n) is 16.4. The lowest BCUT2D eigenvalue weighted by Crippen LogP contribution is -2.41. The average molecular weight is 461 g/mol. The van der Waals surface area contributed by atoms with Crippen LogP contribution in [0.5, 0.6) is 0 Å². The van der Waals surface area contributed by atoms with Gasteiger partial charge in [-0.05, 0) is 70.6 Å². The summed E-state index contributed by atoms with van der Waals surface area (Å²) in [6.45, 7) is 4.25. The summed E-state index contributed by atoms with van der Waals surface area (Å²) in [4.78, 5) is 12.2. The third-order valence-corrected chi connectivity index (χ3v) is 6.22. The molecular weight excluding hydrogens is 438 g/mol. The Morgan fingerprint density at radius 2 is 2.07 bits per heavy atom. The van der Waals surface area contributed by atoms with E-state index in [1.54, 1.807) is 12.1 Å². The fourth-order valence-electron chi connectivity index (χ4n) is 4.13. The van der Waals surface area contributed by atoms with E-state index in [-0.39, 0.29) is 29.5 Å². The second-order valence-corrected chi connectivity index (χ2v) is 8.88. The lowest BCUT2D eigenvalue weighted by atomic mass is 9.91. The van der Waals surface area contributed by atoms with Gasteiger partial charge in [0.2, 0.25) is 5.91 Å². The number of carbonyl (C=O) groups excluding carboxylic acids is 1. The fraction of sp³-hybridized carbons (Fsp3) is 0.348. The third kappa shape index (κ3) is 3.95. The van der Waals surface area contributed by atoms with Gasteiger partial charge in [-0.2, -0.15) is 0 Å². The summed E-state index contributed by atoms with van der Waals surface area (Å²) in [5.74, 6) is -0.612. The second-order valence-electron chi connectivity index (χ2n) is 8.03. The molecule has 3 aromatic rings. The molecule has 1 aromatic heterocycles. The standard InChI is InChI=1S/C23H23BrF2N2O/c1-13(2)23(29)27-16-6-7-21-17(9-16)18-10-19(24)20(26)11-22(18)28(21)12-14-4-3-5-15(25)8-14/h3-5,8,10-11,13,16H,6-7,9,12H2,1-2H3,(H,27,29).